The third-order valence-electron chi connectivity index (χ3n) is 6.36. The Hall–Kier alpha value is -3.91. The Morgan fingerprint density at radius 3 is 2.66 bits per heavy atom. The van der Waals surface area contributed by atoms with Crippen molar-refractivity contribution in [1.29, 1.82) is 0 Å². The number of nitrogens with one attached hydrogen (secondary N) is 2. The Balaban J connectivity index is 1.32. The van der Waals surface area contributed by atoms with Gasteiger partial charge in [-0.1, -0.05) is 43.3 Å². The highest BCUT2D eigenvalue weighted by Gasteiger charge is 2.30. The van der Waals surface area contributed by atoms with Crippen LogP contribution in [0.3, 0.4) is 0 Å². The van der Waals surface area contributed by atoms with Crippen LogP contribution in [0.15, 0.2) is 73.3 Å². The van der Waals surface area contributed by atoms with E-state index in [1.54, 1.807) is 11.8 Å². The van der Waals surface area contributed by atoms with Gasteiger partial charge >= 0.3 is 0 Å². The van der Waals surface area contributed by atoms with E-state index in [-0.39, 0.29) is 18.1 Å². The van der Waals surface area contributed by atoms with Gasteiger partial charge in [0, 0.05) is 49.4 Å². The van der Waals surface area contributed by atoms with Crippen molar-refractivity contribution >= 4 is 5.69 Å². The van der Waals surface area contributed by atoms with E-state index in [1.165, 1.54) is 5.56 Å². The Kier molecular flexibility index (Phi) is 6.63. The third kappa shape index (κ3) is 5.12. The van der Waals surface area contributed by atoms with Gasteiger partial charge in [-0.05, 0) is 23.1 Å². The molecule has 5 rings (SSSR count). The van der Waals surface area contributed by atoms with Crippen LogP contribution in [0.5, 0.6) is 11.8 Å². The van der Waals surface area contributed by atoms with E-state index in [4.69, 9.17) is 9.47 Å². The number of rotatable bonds is 8. The Bertz CT molecular complexity index is 1260. The minimum absolute atomic E-state index is 0.00897. The van der Waals surface area contributed by atoms with Crippen LogP contribution in [0, 0.1) is 0 Å². The second-order valence-electron chi connectivity index (χ2n) is 8.85. The molecular formula is C27H30N6O2. The largest absolute Gasteiger partial charge is 0.481 e. The SMILES string of the molecule is COc1ccc([C@H](C)CN[C@H](c2ccccc2)[C@@H]2CNc3cc(-c4cnn(C)c4)cnc3O2)cn1. The lowest BCUT2D eigenvalue weighted by Gasteiger charge is -2.34. The highest BCUT2D eigenvalue weighted by atomic mass is 16.5. The van der Waals surface area contributed by atoms with Gasteiger partial charge in [-0.15, -0.1) is 0 Å². The lowest BCUT2D eigenvalue weighted by molar-refractivity contribution is 0.149. The number of aryl methyl sites for hydroxylation is 1. The summed E-state index contributed by atoms with van der Waals surface area (Å²) in [7, 11) is 3.53. The van der Waals surface area contributed by atoms with E-state index in [0.717, 1.165) is 28.9 Å². The molecular weight excluding hydrogens is 440 g/mol. The zero-order valence-electron chi connectivity index (χ0n) is 20.2. The fraction of sp³-hybridized carbons (Fsp3) is 0.296. The van der Waals surface area contributed by atoms with Gasteiger partial charge < -0.3 is 20.1 Å². The summed E-state index contributed by atoms with van der Waals surface area (Å²) in [5, 5.41) is 11.5. The number of nitrogens with zero attached hydrogens (tertiary/aromatic N) is 4. The van der Waals surface area contributed by atoms with Crippen LogP contribution in [0.25, 0.3) is 11.1 Å². The monoisotopic (exact) mass is 470 g/mol. The third-order valence-corrected chi connectivity index (χ3v) is 6.36. The van der Waals surface area contributed by atoms with Gasteiger partial charge in [0.2, 0.25) is 11.8 Å². The van der Waals surface area contributed by atoms with Crippen molar-refractivity contribution < 1.29 is 9.47 Å². The molecule has 180 valence electrons. The first-order valence-corrected chi connectivity index (χ1v) is 11.8. The second-order valence-corrected chi connectivity index (χ2v) is 8.85. The number of anilines is 1. The number of methoxy groups -OCH3 is 1. The van der Waals surface area contributed by atoms with Crippen molar-refractivity contribution in [2.24, 2.45) is 7.05 Å². The molecule has 0 aliphatic carbocycles. The van der Waals surface area contributed by atoms with E-state index in [9.17, 15) is 0 Å². The normalized spacial score (nSPS) is 16.5. The van der Waals surface area contributed by atoms with Crippen LogP contribution >= 0.6 is 0 Å². The molecule has 0 saturated heterocycles. The second kappa shape index (κ2) is 10.1. The maximum atomic E-state index is 6.43. The number of hydrogen-bond acceptors (Lipinski definition) is 7. The van der Waals surface area contributed by atoms with Gasteiger partial charge in [-0.2, -0.15) is 5.10 Å². The van der Waals surface area contributed by atoms with Crippen LogP contribution in [0.2, 0.25) is 0 Å². The smallest absolute Gasteiger partial charge is 0.237 e. The molecule has 1 aromatic carbocycles. The zero-order chi connectivity index (χ0) is 24.2. The first-order valence-electron chi connectivity index (χ1n) is 11.8. The predicted octanol–water partition coefficient (Wildman–Crippen LogP) is 4.19. The summed E-state index contributed by atoms with van der Waals surface area (Å²) in [6.45, 7) is 3.62. The number of ether oxygens (including phenoxy) is 2. The van der Waals surface area contributed by atoms with E-state index >= 15 is 0 Å². The van der Waals surface area contributed by atoms with Gasteiger partial charge in [-0.3, -0.25) is 4.68 Å². The van der Waals surface area contributed by atoms with E-state index in [2.05, 4.69) is 69.0 Å². The minimum atomic E-state index is -0.122. The molecule has 4 aromatic rings. The molecule has 0 radical (unpaired) electrons. The molecule has 4 heterocycles. The first kappa shape index (κ1) is 22.9. The van der Waals surface area contributed by atoms with Crippen molar-refractivity contribution in [2.75, 3.05) is 25.5 Å². The Morgan fingerprint density at radius 2 is 1.94 bits per heavy atom. The molecule has 2 N–H and O–H groups in total. The van der Waals surface area contributed by atoms with Crippen molar-refractivity contribution in [3.05, 3.63) is 84.4 Å². The summed E-state index contributed by atoms with van der Waals surface area (Å²) in [6, 6.07) is 16.4. The van der Waals surface area contributed by atoms with Crippen molar-refractivity contribution in [1.82, 2.24) is 25.1 Å². The Morgan fingerprint density at radius 1 is 1.09 bits per heavy atom. The highest BCUT2D eigenvalue weighted by molar-refractivity contribution is 5.69. The van der Waals surface area contributed by atoms with Gasteiger partial charge in [-0.25, -0.2) is 9.97 Å². The van der Waals surface area contributed by atoms with Crippen LogP contribution in [-0.2, 0) is 7.05 Å². The molecule has 35 heavy (non-hydrogen) atoms. The predicted molar refractivity (Wildman–Crippen MR) is 136 cm³/mol. The molecule has 0 unspecified atom stereocenters. The van der Waals surface area contributed by atoms with Crippen molar-refractivity contribution in [3.8, 4) is 22.9 Å². The molecule has 3 atom stereocenters. The summed E-state index contributed by atoms with van der Waals surface area (Å²) in [5.74, 6) is 1.50. The summed E-state index contributed by atoms with van der Waals surface area (Å²) in [6.07, 6.45) is 7.41. The lowest BCUT2D eigenvalue weighted by atomic mass is 9.97. The molecule has 0 fully saturated rings. The summed E-state index contributed by atoms with van der Waals surface area (Å²) in [4.78, 5) is 8.97. The van der Waals surface area contributed by atoms with Crippen molar-refractivity contribution in [3.63, 3.8) is 0 Å². The molecule has 0 amide bonds. The topological polar surface area (TPSA) is 86.1 Å². The van der Waals surface area contributed by atoms with Crippen LogP contribution in [0.1, 0.15) is 30.0 Å². The summed E-state index contributed by atoms with van der Waals surface area (Å²) in [5.41, 5.74) is 5.26. The maximum Gasteiger partial charge on any atom is 0.237 e. The summed E-state index contributed by atoms with van der Waals surface area (Å²) >= 11 is 0. The van der Waals surface area contributed by atoms with Crippen LogP contribution < -0.4 is 20.1 Å². The fourth-order valence-electron chi connectivity index (χ4n) is 4.33. The van der Waals surface area contributed by atoms with E-state index in [0.29, 0.717) is 18.3 Å². The standard InChI is InChI=1S/C27H30N6O2/c1-18(20-9-10-25(34-3)29-13-20)12-30-26(19-7-5-4-6-8-19)24-16-28-23-11-21(14-31-27(23)35-24)22-15-32-33(2)17-22/h4-11,13-15,17-18,24,26,28,30H,12,16H2,1-3H3/t18-,24+,26-/m1/s1. The molecule has 0 saturated carbocycles. The maximum absolute atomic E-state index is 6.43. The molecule has 0 spiro atoms. The average Bonchev–Trinajstić information content (AvgIpc) is 3.35. The molecule has 8 nitrogen and oxygen atoms in total. The first-order chi connectivity index (χ1) is 17.1. The number of pyridine rings is 2. The van der Waals surface area contributed by atoms with E-state index in [1.807, 2.05) is 44.0 Å². The number of aromatic nitrogens is 4. The van der Waals surface area contributed by atoms with Crippen LogP contribution in [0.4, 0.5) is 5.69 Å². The Labute approximate surface area is 205 Å². The average molecular weight is 471 g/mol. The van der Waals surface area contributed by atoms with Crippen LogP contribution in [-0.4, -0.2) is 46.1 Å². The number of benzene rings is 1. The van der Waals surface area contributed by atoms with Gasteiger partial charge in [0.25, 0.3) is 0 Å². The minimum Gasteiger partial charge on any atom is -0.481 e. The molecule has 0 bridgehead atoms. The zero-order valence-corrected chi connectivity index (χ0v) is 20.2. The molecule has 1 aliphatic heterocycles. The molecule has 3 aromatic heterocycles. The quantitative estimate of drug-likeness (QED) is 0.399. The molecule has 8 heteroatoms. The summed E-state index contributed by atoms with van der Waals surface area (Å²) < 4.78 is 13.4. The van der Waals surface area contributed by atoms with Gasteiger partial charge in [0.15, 0.2) is 0 Å². The number of hydrogen-bond donors (Lipinski definition) is 2. The lowest BCUT2D eigenvalue weighted by Crippen LogP contribution is -2.43. The molecule has 1 aliphatic rings. The number of fused-ring (bicyclic) bond motifs is 1. The van der Waals surface area contributed by atoms with Crippen molar-refractivity contribution in [2.45, 2.75) is 25.0 Å². The fourth-order valence-corrected chi connectivity index (χ4v) is 4.33. The van der Waals surface area contributed by atoms with E-state index < -0.39 is 0 Å². The highest BCUT2D eigenvalue weighted by Crippen LogP contribution is 2.34. The van der Waals surface area contributed by atoms with Gasteiger partial charge in [0.05, 0.1) is 31.6 Å². The van der Waals surface area contributed by atoms with Gasteiger partial charge in [0.1, 0.15) is 6.10 Å².